The van der Waals surface area contributed by atoms with E-state index in [0.717, 1.165) is 43.9 Å². The maximum Gasteiger partial charge on any atom is 0.129 e. The fraction of sp³-hybridized carbons (Fsp3) is 0.750. The summed E-state index contributed by atoms with van der Waals surface area (Å²) in [5.74, 6) is 0.959. The number of nitrogens with one attached hydrogen (secondary N) is 1. The Hall–Kier alpha value is -1.20. The van der Waals surface area contributed by atoms with Crippen molar-refractivity contribution in [2.75, 3.05) is 31.6 Å². The van der Waals surface area contributed by atoms with Gasteiger partial charge in [-0.3, -0.25) is 4.90 Å². The Balaban J connectivity index is 1.52. The minimum atomic E-state index is 0.0648. The molecule has 1 aliphatic carbocycles. The van der Waals surface area contributed by atoms with Crippen molar-refractivity contribution >= 4 is 5.82 Å². The summed E-state index contributed by atoms with van der Waals surface area (Å²) in [5, 5.41) is 3.55. The molecule has 1 aliphatic heterocycles. The van der Waals surface area contributed by atoms with Gasteiger partial charge in [0.15, 0.2) is 0 Å². The van der Waals surface area contributed by atoms with Crippen molar-refractivity contribution in [2.45, 2.75) is 51.1 Å². The topological polar surface area (TPSA) is 50.3 Å². The molecule has 5 nitrogen and oxygen atoms in total. The summed E-state index contributed by atoms with van der Waals surface area (Å²) in [6, 6.07) is 3.35. The molecule has 3 rings (SSSR count). The molecule has 0 spiro atoms. The summed E-state index contributed by atoms with van der Waals surface area (Å²) in [6.07, 6.45) is 4.07. The SMILES string of the molecule is CC(C)(C)c1cc(N[C@H]2C[C@@H](N3CCOCC3)C2)ncn1. The molecule has 0 unspecified atom stereocenters. The predicted octanol–water partition coefficient (Wildman–Crippen LogP) is 2.05. The molecule has 1 aromatic rings. The molecule has 1 saturated heterocycles. The highest BCUT2D eigenvalue weighted by Gasteiger charge is 2.34. The summed E-state index contributed by atoms with van der Waals surface area (Å²) in [7, 11) is 0. The monoisotopic (exact) mass is 290 g/mol. The molecule has 2 fully saturated rings. The third kappa shape index (κ3) is 3.52. The highest BCUT2D eigenvalue weighted by molar-refractivity contribution is 5.38. The lowest BCUT2D eigenvalue weighted by Gasteiger charge is -2.44. The van der Waals surface area contributed by atoms with Gasteiger partial charge in [-0.15, -0.1) is 0 Å². The summed E-state index contributed by atoms with van der Waals surface area (Å²) in [5.41, 5.74) is 1.15. The standard InChI is InChI=1S/C16H26N4O/c1-16(2,3)14-10-15(18-11-17-14)19-12-8-13(9-12)20-4-6-21-7-5-20/h10-13H,4-9H2,1-3H3,(H,17,18,19)/t12-,13+. The minimum absolute atomic E-state index is 0.0648. The summed E-state index contributed by atoms with van der Waals surface area (Å²) in [6.45, 7) is 10.5. The quantitative estimate of drug-likeness (QED) is 0.923. The number of nitrogens with zero attached hydrogens (tertiary/aromatic N) is 3. The van der Waals surface area contributed by atoms with Gasteiger partial charge >= 0.3 is 0 Å². The highest BCUT2D eigenvalue weighted by Crippen LogP contribution is 2.29. The molecule has 0 atom stereocenters. The second-order valence-electron chi connectivity index (χ2n) is 7.15. The van der Waals surface area contributed by atoms with E-state index in [-0.39, 0.29) is 5.41 Å². The highest BCUT2D eigenvalue weighted by atomic mass is 16.5. The van der Waals surface area contributed by atoms with Crippen molar-refractivity contribution in [3.05, 3.63) is 18.1 Å². The van der Waals surface area contributed by atoms with E-state index in [0.29, 0.717) is 6.04 Å². The molecule has 1 saturated carbocycles. The molecule has 1 aromatic heterocycles. The van der Waals surface area contributed by atoms with Gasteiger partial charge in [0, 0.05) is 36.7 Å². The molecule has 0 aromatic carbocycles. The summed E-state index contributed by atoms with van der Waals surface area (Å²) in [4.78, 5) is 11.3. The minimum Gasteiger partial charge on any atom is -0.379 e. The summed E-state index contributed by atoms with van der Waals surface area (Å²) < 4.78 is 5.41. The Morgan fingerprint density at radius 1 is 1.19 bits per heavy atom. The summed E-state index contributed by atoms with van der Waals surface area (Å²) >= 11 is 0. The second kappa shape index (κ2) is 5.89. The van der Waals surface area contributed by atoms with Gasteiger partial charge in [0.1, 0.15) is 12.1 Å². The van der Waals surface area contributed by atoms with E-state index >= 15 is 0 Å². The van der Waals surface area contributed by atoms with Gasteiger partial charge in [0.25, 0.3) is 0 Å². The Bertz CT molecular complexity index is 473. The number of hydrogen-bond acceptors (Lipinski definition) is 5. The van der Waals surface area contributed by atoms with Gasteiger partial charge in [-0.05, 0) is 12.8 Å². The third-order valence-electron chi connectivity index (χ3n) is 4.46. The lowest BCUT2D eigenvalue weighted by atomic mass is 9.85. The van der Waals surface area contributed by atoms with Crippen LogP contribution in [-0.4, -0.2) is 53.3 Å². The van der Waals surface area contributed by atoms with Crippen molar-refractivity contribution in [2.24, 2.45) is 0 Å². The van der Waals surface area contributed by atoms with E-state index in [9.17, 15) is 0 Å². The lowest BCUT2D eigenvalue weighted by Crippen LogP contribution is -2.53. The Morgan fingerprint density at radius 2 is 1.90 bits per heavy atom. The van der Waals surface area contributed by atoms with Crippen LogP contribution in [0.25, 0.3) is 0 Å². The zero-order valence-corrected chi connectivity index (χ0v) is 13.3. The molecule has 21 heavy (non-hydrogen) atoms. The fourth-order valence-electron chi connectivity index (χ4n) is 3.00. The van der Waals surface area contributed by atoms with Crippen molar-refractivity contribution in [3.8, 4) is 0 Å². The van der Waals surface area contributed by atoms with Crippen LogP contribution in [0.5, 0.6) is 0 Å². The zero-order valence-electron chi connectivity index (χ0n) is 13.3. The van der Waals surface area contributed by atoms with Crippen LogP contribution in [0.2, 0.25) is 0 Å². The molecule has 0 radical (unpaired) electrons. The molecule has 116 valence electrons. The molecule has 1 N–H and O–H groups in total. The molecule has 5 heteroatoms. The van der Waals surface area contributed by atoms with Crippen LogP contribution < -0.4 is 5.32 Å². The van der Waals surface area contributed by atoms with Gasteiger partial charge in [0.2, 0.25) is 0 Å². The largest absolute Gasteiger partial charge is 0.379 e. The van der Waals surface area contributed by atoms with Crippen LogP contribution in [0, 0.1) is 0 Å². The Morgan fingerprint density at radius 3 is 2.57 bits per heavy atom. The molecule has 2 aliphatic rings. The van der Waals surface area contributed by atoms with Crippen molar-refractivity contribution < 1.29 is 4.74 Å². The van der Waals surface area contributed by atoms with Gasteiger partial charge < -0.3 is 10.1 Å². The van der Waals surface area contributed by atoms with Crippen LogP contribution in [0.4, 0.5) is 5.82 Å². The third-order valence-corrected chi connectivity index (χ3v) is 4.46. The normalized spacial score (nSPS) is 27.2. The number of rotatable bonds is 3. The lowest BCUT2D eigenvalue weighted by molar-refractivity contribution is -0.00439. The maximum absolute atomic E-state index is 5.41. The van der Waals surface area contributed by atoms with Crippen molar-refractivity contribution in [1.29, 1.82) is 0 Å². The van der Waals surface area contributed by atoms with E-state index in [2.05, 4.69) is 47.0 Å². The number of aromatic nitrogens is 2. The smallest absolute Gasteiger partial charge is 0.129 e. The fourth-order valence-corrected chi connectivity index (χ4v) is 3.00. The van der Waals surface area contributed by atoms with Crippen LogP contribution >= 0.6 is 0 Å². The van der Waals surface area contributed by atoms with E-state index in [1.54, 1.807) is 6.33 Å². The van der Waals surface area contributed by atoms with E-state index < -0.39 is 0 Å². The average molecular weight is 290 g/mol. The zero-order chi connectivity index (χ0) is 14.9. The second-order valence-corrected chi connectivity index (χ2v) is 7.15. The van der Waals surface area contributed by atoms with E-state index in [1.807, 2.05) is 0 Å². The molecule has 0 amide bonds. The first-order valence-corrected chi connectivity index (χ1v) is 7.93. The van der Waals surface area contributed by atoms with Crippen LogP contribution in [0.3, 0.4) is 0 Å². The van der Waals surface area contributed by atoms with Crippen molar-refractivity contribution in [1.82, 2.24) is 14.9 Å². The number of anilines is 1. The van der Waals surface area contributed by atoms with Crippen LogP contribution in [0.1, 0.15) is 39.3 Å². The van der Waals surface area contributed by atoms with Crippen LogP contribution in [-0.2, 0) is 10.2 Å². The Kier molecular flexibility index (Phi) is 4.13. The van der Waals surface area contributed by atoms with Crippen LogP contribution in [0.15, 0.2) is 12.4 Å². The number of hydrogen-bond donors (Lipinski definition) is 1. The Labute approximate surface area is 127 Å². The maximum atomic E-state index is 5.41. The number of ether oxygens (including phenoxy) is 1. The van der Waals surface area contributed by atoms with Gasteiger partial charge in [-0.2, -0.15) is 0 Å². The van der Waals surface area contributed by atoms with E-state index in [4.69, 9.17) is 4.74 Å². The molecular formula is C16H26N4O. The van der Waals surface area contributed by atoms with Gasteiger partial charge in [-0.1, -0.05) is 20.8 Å². The first-order valence-electron chi connectivity index (χ1n) is 7.93. The first kappa shape index (κ1) is 14.7. The van der Waals surface area contributed by atoms with Gasteiger partial charge in [0.05, 0.1) is 18.9 Å². The number of morpholine rings is 1. The molecular weight excluding hydrogens is 264 g/mol. The van der Waals surface area contributed by atoms with Gasteiger partial charge in [-0.25, -0.2) is 9.97 Å². The molecule has 2 heterocycles. The first-order chi connectivity index (χ1) is 10.0. The molecule has 0 bridgehead atoms. The average Bonchev–Trinajstić information content (AvgIpc) is 2.43. The predicted molar refractivity (Wildman–Crippen MR) is 83.6 cm³/mol. The van der Waals surface area contributed by atoms with E-state index in [1.165, 1.54) is 12.8 Å². The van der Waals surface area contributed by atoms with Crippen molar-refractivity contribution in [3.63, 3.8) is 0 Å².